The van der Waals surface area contributed by atoms with Gasteiger partial charge >= 0.3 is 18.1 Å². The summed E-state index contributed by atoms with van der Waals surface area (Å²) in [4.78, 5) is 36.6. The molecule has 266 valence electrons. The molecule has 1 aliphatic heterocycles. The van der Waals surface area contributed by atoms with Gasteiger partial charge in [0.25, 0.3) is 5.91 Å². The van der Waals surface area contributed by atoms with Gasteiger partial charge in [-0.1, -0.05) is 62.4 Å². The van der Waals surface area contributed by atoms with Crippen molar-refractivity contribution in [3.63, 3.8) is 0 Å². The molecule has 0 radical (unpaired) electrons. The molecular weight excluding hydrogens is 649 g/mol. The molecule has 1 aliphatic carbocycles. The van der Waals surface area contributed by atoms with E-state index in [0.717, 1.165) is 67.4 Å². The Balaban J connectivity index is 0.000000804. The van der Waals surface area contributed by atoms with Crippen molar-refractivity contribution in [3.05, 3.63) is 59.2 Å². The van der Waals surface area contributed by atoms with Crippen molar-refractivity contribution < 1.29 is 47.2 Å². The highest BCUT2D eigenvalue weighted by Crippen LogP contribution is 2.31. The molecule has 13 heteroatoms. The van der Waals surface area contributed by atoms with Crippen LogP contribution in [0.2, 0.25) is 0 Å². The molecule has 1 saturated heterocycles. The van der Waals surface area contributed by atoms with Gasteiger partial charge in [0.15, 0.2) is 0 Å². The lowest BCUT2D eigenvalue weighted by molar-refractivity contribution is -0.192. The predicted octanol–water partition coefficient (Wildman–Crippen LogP) is 6.42. The fraction of sp³-hybridized carbons (Fsp3) is 0.571. The molecular formula is C35H47F3N2O7S. The number of amides is 1. The highest BCUT2D eigenvalue weighted by atomic mass is 32.2. The number of benzene rings is 2. The summed E-state index contributed by atoms with van der Waals surface area (Å²) in [6.07, 6.45) is 5.01. The van der Waals surface area contributed by atoms with Crippen molar-refractivity contribution in [3.8, 4) is 11.1 Å². The Morgan fingerprint density at radius 1 is 1.04 bits per heavy atom. The zero-order valence-corrected chi connectivity index (χ0v) is 28.4. The van der Waals surface area contributed by atoms with Gasteiger partial charge in [0.2, 0.25) is 0 Å². The summed E-state index contributed by atoms with van der Waals surface area (Å²) in [5.74, 6) is -2.76. The van der Waals surface area contributed by atoms with Crippen LogP contribution in [0.3, 0.4) is 0 Å². The van der Waals surface area contributed by atoms with Crippen LogP contribution in [0.4, 0.5) is 13.2 Å². The highest BCUT2D eigenvalue weighted by molar-refractivity contribution is 7.98. The van der Waals surface area contributed by atoms with Gasteiger partial charge in [-0.25, -0.2) is 9.59 Å². The topological polar surface area (TPSA) is 125 Å². The highest BCUT2D eigenvalue weighted by Gasteiger charge is 2.38. The summed E-state index contributed by atoms with van der Waals surface area (Å²) in [7, 11) is 0. The molecule has 1 heterocycles. The third-order valence-electron chi connectivity index (χ3n) is 8.59. The Kier molecular flexibility index (Phi) is 16.2. The number of carboxylic acids is 2. The standard InChI is InChI=1S/C33H46N2O5S.C2HF3O2/c1-24-8-6-7-11-28(24)30-21-26(12-13-29(30)32(36)34-31(33(37)38)14-19-41-2)23-40-27(20-25-9-4-3-5-10-25)22-35-15-17-39-18-16-35;3-2(4,5)1(6)7/h6-8,11-13,21,25,27,31H,3-5,9-10,14-20,22-23H2,1-2H3,(H,34,36)(H,37,38);(H,6,7)/t27?,31-;/m0./s1. The molecule has 2 aromatic carbocycles. The summed E-state index contributed by atoms with van der Waals surface area (Å²) in [5, 5.41) is 19.6. The lowest BCUT2D eigenvalue weighted by atomic mass is 9.85. The van der Waals surface area contributed by atoms with E-state index in [2.05, 4.69) is 10.2 Å². The van der Waals surface area contributed by atoms with Crippen molar-refractivity contribution >= 4 is 29.6 Å². The molecule has 2 atom stereocenters. The molecule has 3 N–H and O–H groups in total. The first-order valence-electron chi connectivity index (χ1n) is 16.3. The number of halogens is 3. The molecule has 0 aromatic heterocycles. The Morgan fingerprint density at radius 3 is 2.31 bits per heavy atom. The molecule has 2 aliphatic rings. The molecule has 0 spiro atoms. The van der Waals surface area contributed by atoms with E-state index >= 15 is 0 Å². The minimum atomic E-state index is -5.08. The van der Waals surface area contributed by atoms with E-state index in [1.165, 1.54) is 32.1 Å². The molecule has 1 saturated carbocycles. The van der Waals surface area contributed by atoms with Gasteiger partial charge in [-0.05, 0) is 72.1 Å². The fourth-order valence-corrected chi connectivity index (χ4v) is 6.45. The van der Waals surface area contributed by atoms with Crippen LogP contribution < -0.4 is 5.32 Å². The zero-order chi connectivity index (χ0) is 35.1. The van der Waals surface area contributed by atoms with Crippen molar-refractivity contribution in [2.75, 3.05) is 44.9 Å². The fourth-order valence-electron chi connectivity index (χ4n) is 5.98. The number of hydrogen-bond acceptors (Lipinski definition) is 7. The number of carbonyl (C=O) groups is 3. The number of nitrogens with one attached hydrogen (secondary N) is 1. The normalized spacial score (nSPS) is 17.1. The second-order valence-electron chi connectivity index (χ2n) is 12.2. The lowest BCUT2D eigenvalue weighted by Gasteiger charge is -2.33. The van der Waals surface area contributed by atoms with Crippen LogP contribution in [0.15, 0.2) is 42.5 Å². The van der Waals surface area contributed by atoms with E-state index in [9.17, 15) is 27.9 Å². The van der Waals surface area contributed by atoms with Gasteiger partial charge in [0, 0.05) is 25.2 Å². The average Bonchev–Trinajstić information content (AvgIpc) is 3.06. The van der Waals surface area contributed by atoms with Gasteiger partial charge in [-0.2, -0.15) is 24.9 Å². The number of rotatable bonds is 14. The molecule has 2 aromatic rings. The van der Waals surface area contributed by atoms with Crippen molar-refractivity contribution in [1.82, 2.24) is 10.2 Å². The van der Waals surface area contributed by atoms with Crippen LogP contribution in [0.1, 0.15) is 66.4 Å². The van der Waals surface area contributed by atoms with Gasteiger partial charge in [0.05, 0.1) is 25.9 Å². The summed E-state index contributed by atoms with van der Waals surface area (Å²) in [6, 6.07) is 12.9. The second-order valence-corrected chi connectivity index (χ2v) is 13.2. The first-order valence-corrected chi connectivity index (χ1v) is 17.7. The number of hydrogen-bond donors (Lipinski definition) is 3. The third-order valence-corrected chi connectivity index (χ3v) is 9.24. The average molecular weight is 697 g/mol. The number of nitrogens with zero attached hydrogens (tertiary/aromatic N) is 1. The van der Waals surface area contributed by atoms with Crippen LogP contribution in [0, 0.1) is 12.8 Å². The lowest BCUT2D eigenvalue weighted by Crippen LogP contribution is -2.42. The van der Waals surface area contributed by atoms with E-state index in [-0.39, 0.29) is 12.0 Å². The number of carboxylic acid groups (broad SMARTS) is 2. The van der Waals surface area contributed by atoms with E-state index in [1.807, 2.05) is 55.6 Å². The van der Waals surface area contributed by atoms with E-state index in [4.69, 9.17) is 19.4 Å². The summed E-state index contributed by atoms with van der Waals surface area (Å²) < 4.78 is 43.9. The zero-order valence-electron chi connectivity index (χ0n) is 27.6. The number of carbonyl (C=O) groups excluding carboxylic acids is 1. The first kappa shape index (κ1) is 39.3. The number of aliphatic carboxylic acids is 2. The Bertz CT molecular complexity index is 1310. The number of alkyl halides is 3. The smallest absolute Gasteiger partial charge is 0.480 e. The van der Waals surface area contributed by atoms with Gasteiger partial charge in [0.1, 0.15) is 6.04 Å². The van der Waals surface area contributed by atoms with Crippen LogP contribution >= 0.6 is 11.8 Å². The summed E-state index contributed by atoms with van der Waals surface area (Å²) in [6.45, 7) is 6.85. The number of ether oxygens (including phenoxy) is 2. The number of morpholine rings is 1. The summed E-state index contributed by atoms with van der Waals surface area (Å²) >= 11 is 1.57. The Hall–Kier alpha value is -3.13. The van der Waals surface area contributed by atoms with Gasteiger partial charge in [-0.15, -0.1) is 0 Å². The maximum absolute atomic E-state index is 13.4. The van der Waals surface area contributed by atoms with Crippen LogP contribution in [0.5, 0.6) is 0 Å². The van der Waals surface area contributed by atoms with Crippen molar-refractivity contribution in [2.45, 2.75) is 76.8 Å². The molecule has 1 unspecified atom stereocenters. The Morgan fingerprint density at radius 2 is 1.71 bits per heavy atom. The largest absolute Gasteiger partial charge is 0.490 e. The Labute approximate surface area is 284 Å². The maximum Gasteiger partial charge on any atom is 0.490 e. The molecule has 4 rings (SSSR count). The van der Waals surface area contributed by atoms with Gasteiger partial charge < -0.3 is 25.0 Å². The minimum absolute atomic E-state index is 0.147. The van der Waals surface area contributed by atoms with E-state index in [1.54, 1.807) is 11.8 Å². The van der Waals surface area contributed by atoms with E-state index in [0.29, 0.717) is 24.3 Å². The van der Waals surface area contributed by atoms with Crippen LogP contribution in [-0.4, -0.2) is 96.1 Å². The van der Waals surface area contributed by atoms with Gasteiger partial charge in [-0.3, -0.25) is 9.69 Å². The summed E-state index contributed by atoms with van der Waals surface area (Å²) in [5.41, 5.74) is 4.30. The first-order chi connectivity index (χ1) is 22.9. The quantitative estimate of drug-likeness (QED) is 0.205. The molecule has 48 heavy (non-hydrogen) atoms. The minimum Gasteiger partial charge on any atom is -0.480 e. The number of thioether (sulfide) groups is 1. The molecule has 1 amide bonds. The van der Waals surface area contributed by atoms with Crippen molar-refractivity contribution in [2.24, 2.45) is 5.92 Å². The van der Waals surface area contributed by atoms with Crippen molar-refractivity contribution in [1.29, 1.82) is 0 Å². The maximum atomic E-state index is 13.4. The molecule has 0 bridgehead atoms. The SMILES string of the molecule is CSCC[C@H](NC(=O)c1ccc(COC(CC2CCCCC2)CN2CCOCC2)cc1-c1ccccc1C)C(=O)O.O=C(O)C(F)(F)F. The monoisotopic (exact) mass is 696 g/mol. The van der Waals surface area contributed by atoms with Crippen LogP contribution in [0.25, 0.3) is 11.1 Å². The van der Waals surface area contributed by atoms with Crippen LogP contribution in [-0.2, 0) is 25.7 Å². The third kappa shape index (κ3) is 13.1. The van der Waals surface area contributed by atoms with E-state index < -0.39 is 24.2 Å². The molecule has 2 fully saturated rings. The second kappa shape index (κ2) is 19.8. The number of aryl methyl sites for hydroxylation is 1. The molecule has 9 nitrogen and oxygen atoms in total. The predicted molar refractivity (Wildman–Crippen MR) is 179 cm³/mol.